The molecular formula is C15H22N2O6S. The number of hydrazine groups is 1. The number of carbonyl (C=O) groups is 2. The van der Waals surface area contributed by atoms with E-state index >= 15 is 0 Å². The van der Waals surface area contributed by atoms with E-state index in [1.54, 1.807) is 46.8 Å². The van der Waals surface area contributed by atoms with Gasteiger partial charge in [0, 0.05) is 0 Å². The van der Waals surface area contributed by atoms with E-state index in [9.17, 15) is 18.0 Å². The third kappa shape index (κ3) is 5.41. The first-order valence-corrected chi connectivity index (χ1v) is 8.78. The maximum absolute atomic E-state index is 12.6. The van der Waals surface area contributed by atoms with Crippen molar-refractivity contribution < 1.29 is 27.5 Å². The van der Waals surface area contributed by atoms with Crippen molar-refractivity contribution in [2.24, 2.45) is 0 Å². The van der Waals surface area contributed by atoms with E-state index in [0.29, 0.717) is 0 Å². The minimum Gasteiger partial charge on any atom is -0.446 e. The van der Waals surface area contributed by atoms with Gasteiger partial charge in [-0.1, -0.05) is 17.7 Å². The Balaban J connectivity index is 3.17. The number of amides is 2. The molecule has 1 aromatic carbocycles. The number of nitrogens with one attached hydrogen (secondary N) is 1. The van der Waals surface area contributed by atoms with E-state index in [0.717, 1.165) is 5.56 Å². The number of ether oxygens (including phenoxy) is 2. The van der Waals surface area contributed by atoms with Crippen molar-refractivity contribution >= 4 is 22.2 Å². The molecular weight excluding hydrogens is 336 g/mol. The van der Waals surface area contributed by atoms with E-state index in [2.05, 4.69) is 0 Å². The molecule has 0 aliphatic heterocycles. The van der Waals surface area contributed by atoms with Gasteiger partial charge in [-0.3, -0.25) is 0 Å². The van der Waals surface area contributed by atoms with E-state index < -0.39 is 34.4 Å². The number of aryl methyl sites for hydroxylation is 1. The molecule has 1 aromatic rings. The number of sulfonamides is 1. The summed E-state index contributed by atoms with van der Waals surface area (Å²) in [5.74, 6) is 0. The summed E-state index contributed by atoms with van der Waals surface area (Å²) in [4.78, 5) is 23.7. The Kier molecular flexibility index (Phi) is 6.59. The van der Waals surface area contributed by atoms with Crippen molar-refractivity contribution in [2.75, 3.05) is 0 Å². The zero-order valence-electron chi connectivity index (χ0n) is 14.3. The lowest BCUT2D eigenvalue weighted by atomic mass is 10.2. The molecule has 0 fully saturated rings. The summed E-state index contributed by atoms with van der Waals surface area (Å²) in [5.41, 5.74) is 2.76. The molecule has 8 nitrogen and oxygen atoms in total. The zero-order chi connectivity index (χ0) is 18.5. The summed E-state index contributed by atoms with van der Waals surface area (Å²) in [6, 6.07) is 5.81. The van der Waals surface area contributed by atoms with Gasteiger partial charge in [0.15, 0.2) is 0 Å². The van der Waals surface area contributed by atoms with Crippen LogP contribution in [0.5, 0.6) is 0 Å². The SMILES string of the molecule is Cc1ccc(S(=O)(=O)N(NC(=O)OC(C)C)C(=O)OC(C)C)cc1. The van der Waals surface area contributed by atoms with E-state index in [1.807, 2.05) is 5.43 Å². The molecule has 0 heterocycles. The van der Waals surface area contributed by atoms with Gasteiger partial charge in [-0.25, -0.2) is 15.0 Å². The first kappa shape index (κ1) is 19.8. The lowest BCUT2D eigenvalue weighted by molar-refractivity contribution is 0.0715. The van der Waals surface area contributed by atoms with Crippen LogP contribution in [0.15, 0.2) is 29.2 Å². The molecule has 0 atom stereocenters. The molecule has 0 aromatic heterocycles. The normalized spacial score (nSPS) is 11.3. The van der Waals surface area contributed by atoms with Gasteiger partial charge in [0.25, 0.3) is 10.0 Å². The number of nitrogens with zero attached hydrogens (tertiary/aromatic N) is 1. The van der Waals surface area contributed by atoms with Crippen LogP contribution in [0.2, 0.25) is 0 Å². The molecule has 2 amide bonds. The third-order valence-corrected chi connectivity index (χ3v) is 4.19. The molecule has 1 rings (SSSR count). The summed E-state index contributed by atoms with van der Waals surface area (Å²) in [6.07, 6.45) is -3.38. The largest absolute Gasteiger partial charge is 0.446 e. The summed E-state index contributed by atoms with van der Waals surface area (Å²) < 4.78 is 35.1. The lowest BCUT2D eigenvalue weighted by Gasteiger charge is -2.23. The molecule has 0 unspecified atom stereocenters. The second-order valence-corrected chi connectivity index (χ2v) is 7.37. The van der Waals surface area contributed by atoms with Crippen LogP contribution in [0.4, 0.5) is 9.59 Å². The molecule has 0 aliphatic rings. The Labute approximate surface area is 141 Å². The molecule has 0 saturated carbocycles. The van der Waals surface area contributed by atoms with Crippen molar-refractivity contribution in [2.45, 2.75) is 51.7 Å². The van der Waals surface area contributed by atoms with Crippen LogP contribution in [0.1, 0.15) is 33.3 Å². The first-order chi connectivity index (χ1) is 11.0. The Morgan fingerprint density at radius 2 is 1.50 bits per heavy atom. The Morgan fingerprint density at radius 3 is 1.96 bits per heavy atom. The minimum absolute atomic E-state index is 0.141. The van der Waals surface area contributed by atoms with Gasteiger partial charge in [0.1, 0.15) is 0 Å². The third-order valence-electron chi connectivity index (χ3n) is 2.60. The van der Waals surface area contributed by atoms with Crippen molar-refractivity contribution in [3.63, 3.8) is 0 Å². The zero-order valence-corrected chi connectivity index (χ0v) is 15.1. The smallest absolute Gasteiger partial charge is 0.443 e. The average Bonchev–Trinajstić information content (AvgIpc) is 2.43. The summed E-state index contributed by atoms with van der Waals surface area (Å²) >= 11 is 0. The van der Waals surface area contributed by atoms with Crippen molar-refractivity contribution in [1.29, 1.82) is 0 Å². The van der Waals surface area contributed by atoms with Gasteiger partial charge in [0.2, 0.25) is 0 Å². The number of rotatable bonds is 4. The van der Waals surface area contributed by atoms with Crippen LogP contribution in [0.3, 0.4) is 0 Å². The summed E-state index contributed by atoms with van der Waals surface area (Å²) in [7, 11) is -4.35. The Hall–Kier alpha value is -2.29. The maximum atomic E-state index is 12.6. The molecule has 0 bridgehead atoms. The lowest BCUT2D eigenvalue weighted by Crippen LogP contribution is -2.50. The van der Waals surface area contributed by atoms with Crippen LogP contribution in [0.25, 0.3) is 0 Å². The van der Waals surface area contributed by atoms with Crippen LogP contribution < -0.4 is 5.43 Å². The fraction of sp³-hybridized carbons (Fsp3) is 0.467. The van der Waals surface area contributed by atoms with Gasteiger partial charge in [0.05, 0.1) is 17.1 Å². The predicted molar refractivity (Wildman–Crippen MR) is 86.6 cm³/mol. The predicted octanol–water partition coefficient (Wildman–Crippen LogP) is 2.58. The van der Waals surface area contributed by atoms with Crippen LogP contribution in [-0.4, -0.2) is 37.2 Å². The summed E-state index contributed by atoms with van der Waals surface area (Å²) in [5, 5.41) is 0. The number of hydrogen-bond donors (Lipinski definition) is 1. The van der Waals surface area contributed by atoms with Gasteiger partial charge < -0.3 is 9.47 Å². The highest BCUT2D eigenvalue weighted by Gasteiger charge is 2.33. The van der Waals surface area contributed by atoms with E-state index in [1.165, 1.54) is 12.1 Å². The van der Waals surface area contributed by atoms with E-state index in [4.69, 9.17) is 9.47 Å². The number of benzene rings is 1. The quantitative estimate of drug-likeness (QED) is 0.830. The van der Waals surface area contributed by atoms with Crippen LogP contribution >= 0.6 is 0 Å². The molecule has 24 heavy (non-hydrogen) atoms. The van der Waals surface area contributed by atoms with Crippen LogP contribution in [0, 0.1) is 6.92 Å². The van der Waals surface area contributed by atoms with Gasteiger partial charge in [-0.15, -0.1) is 4.41 Å². The highest BCUT2D eigenvalue weighted by molar-refractivity contribution is 7.89. The topological polar surface area (TPSA) is 102 Å². The molecule has 1 N–H and O–H groups in total. The number of carbonyl (C=O) groups excluding carboxylic acids is 2. The second-order valence-electron chi connectivity index (χ2n) is 5.58. The van der Waals surface area contributed by atoms with Crippen molar-refractivity contribution in [3.8, 4) is 0 Å². The van der Waals surface area contributed by atoms with Crippen molar-refractivity contribution in [1.82, 2.24) is 9.84 Å². The van der Waals surface area contributed by atoms with Gasteiger partial charge in [-0.2, -0.15) is 8.42 Å². The fourth-order valence-corrected chi connectivity index (χ4v) is 2.72. The minimum atomic E-state index is -4.35. The maximum Gasteiger partial charge on any atom is 0.443 e. The van der Waals surface area contributed by atoms with E-state index in [-0.39, 0.29) is 9.31 Å². The second kappa shape index (κ2) is 8.00. The Bertz CT molecular complexity index is 682. The summed E-state index contributed by atoms with van der Waals surface area (Å²) in [6.45, 7) is 8.08. The molecule has 9 heteroatoms. The highest BCUT2D eigenvalue weighted by atomic mass is 32.2. The van der Waals surface area contributed by atoms with Gasteiger partial charge in [-0.05, 0) is 46.8 Å². The van der Waals surface area contributed by atoms with Crippen LogP contribution in [-0.2, 0) is 19.5 Å². The standard InChI is InChI=1S/C15H22N2O6S/c1-10(2)22-14(18)16-17(15(19)23-11(3)4)24(20,21)13-8-6-12(5)7-9-13/h6-11H,1-5H3,(H,16,18). The average molecular weight is 358 g/mol. The van der Waals surface area contributed by atoms with Crippen molar-refractivity contribution in [3.05, 3.63) is 29.8 Å². The van der Waals surface area contributed by atoms with Gasteiger partial charge >= 0.3 is 12.2 Å². The molecule has 0 spiro atoms. The monoisotopic (exact) mass is 358 g/mol. The highest BCUT2D eigenvalue weighted by Crippen LogP contribution is 2.16. The fourth-order valence-electron chi connectivity index (χ4n) is 1.59. The number of hydrogen-bond acceptors (Lipinski definition) is 6. The molecule has 0 radical (unpaired) electrons. The molecule has 0 aliphatic carbocycles. The first-order valence-electron chi connectivity index (χ1n) is 7.34. The molecule has 134 valence electrons. The Morgan fingerprint density at radius 1 is 1.00 bits per heavy atom. The molecule has 0 saturated heterocycles.